The lowest BCUT2D eigenvalue weighted by molar-refractivity contribution is -0.138. The average molecular weight is 182 g/mol. The van der Waals surface area contributed by atoms with Crippen LogP contribution in [0.25, 0.3) is 0 Å². The molecule has 1 aliphatic rings. The average Bonchev–Trinajstić information content (AvgIpc) is 2.70. The summed E-state index contributed by atoms with van der Waals surface area (Å²) in [5.41, 5.74) is 0. The van der Waals surface area contributed by atoms with Crippen LogP contribution in [0.1, 0.15) is 22.1 Å². The Labute approximate surface area is 74.8 Å². The summed E-state index contributed by atoms with van der Waals surface area (Å²) < 4.78 is 0. The van der Waals surface area contributed by atoms with Crippen molar-refractivity contribution in [3.63, 3.8) is 0 Å². The van der Waals surface area contributed by atoms with Crippen LogP contribution in [0.5, 0.6) is 0 Å². The van der Waals surface area contributed by atoms with Gasteiger partial charge in [-0.3, -0.25) is 4.79 Å². The Morgan fingerprint density at radius 3 is 2.83 bits per heavy atom. The molecule has 1 N–H and O–H groups in total. The summed E-state index contributed by atoms with van der Waals surface area (Å²) >= 11 is 1.72. The minimum Gasteiger partial charge on any atom is -0.481 e. The fraction of sp³-hybridized carbons (Fsp3) is 0.444. The first-order valence-electron chi connectivity index (χ1n) is 3.97. The zero-order valence-corrected chi connectivity index (χ0v) is 7.60. The summed E-state index contributed by atoms with van der Waals surface area (Å²) in [6, 6.07) is 4.10. The van der Waals surface area contributed by atoms with Gasteiger partial charge in [0.25, 0.3) is 0 Å². The second-order valence-electron chi connectivity index (χ2n) is 3.24. The molecule has 1 fully saturated rings. The quantitative estimate of drug-likeness (QED) is 0.761. The van der Waals surface area contributed by atoms with Gasteiger partial charge in [-0.15, -0.1) is 11.3 Å². The van der Waals surface area contributed by atoms with Crippen molar-refractivity contribution in [3.8, 4) is 0 Å². The van der Waals surface area contributed by atoms with E-state index in [1.165, 1.54) is 9.75 Å². The maximum atomic E-state index is 10.6. The minimum absolute atomic E-state index is 0.108. The number of carboxylic acid groups (broad SMARTS) is 1. The summed E-state index contributed by atoms with van der Waals surface area (Å²) in [6.45, 7) is 2.05. The van der Waals surface area contributed by atoms with Crippen LogP contribution >= 0.6 is 11.3 Å². The Morgan fingerprint density at radius 2 is 2.42 bits per heavy atom. The SMILES string of the molecule is Cc1ccc([C@@H]2C[C@H]2C(=O)O)s1. The number of rotatable bonds is 2. The molecular weight excluding hydrogens is 172 g/mol. The van der Waals surface area contributed by atoms with E-state index >= 15 is 0 Å². The number of thiophene rings is 1. The second-order valence-corrected chi connectivity index (χ2v) is 4.55. The van der Waals surface area contributed by atoms with E-state index in [9.17, 15) is 4.79 Å². The van der Waals surface area contributed by atoms with Gasteiger partial charge in [0.05, 0.1) is 5.92 Å². The first kappa shape index (κ1) is 7.80. The third-order valence-corrected chi connectivity index (χ3v) is 3.37. The van der Waals surface area contributed by atoms with Gasteiger partial charge in [0.2, 0.25) is 0 Å². The molecule has 0 saturated heterocycles. The molecule has 1 aromatic rings. The highest BCUT2D eigenvalue weighted by Gasteiger charge is 2.44. The van der Waals surface area contributed by atoms with Gasteiger partial charge < -0.3 is 5.11 Å². The Balaban J connectivity index is 2.10. The van der Waals surface area contributed by atoms with Crippen molar-refractivity contribution in [2.75, 3.05) is 0 Å². The predicted molar refractivity (Wildman–Crippen MR) is 47.5 cm³/mol. The smallest absolute Gasteiger partial charge is 0.307 e. The molecule has 0 spiro atoms. The molecule has 0 aromatic carbocycles. The zero-order chi connectivity index (χ0) is 8.72. The minimum atomic E-state index is -0.647. The third kappa shape index (κ3) is 1.25. The van der Waals surface area contributed by atoms with Gasteiger partial charge in [-0.2, -0.15) is 0 Å². The van der Waals surface area contributed by atoms with Gasteiger partial charge in [-0.05, 0) is 25.5 Å². The Kier molecular flexibility index (Phi) is 1.68. The molecule has 0 aliphatic heterocycles. The van der Waals surface area contributed by atoms with Crippen molar-refractivity contribution < 1.29 is 9.90 Å². The lowest BCUT2D eigenvalue weighted by atomic mass is 10.3. The predicted octanol–water partition coefficient (Wildman–Crippen LogP) is 2.24. The molecule has 0 radical (unpaired) electrons. The van der Waals surface area contributed by atoms with Crippen molar-refractivity contribution in [3.05, 3.63) is 21.9 Å². The molecule has 1 aliphatic carbocycles. The lowest BCUT2D eigenvalue weighted by Gasteiger charge is -1.89. The van der Waals surface area contributed by atoms with Gasteiger partial charge in [-0.25, -0.2) is 0 Å². The van der Waals surface area contributed by atoms with E-state index in [4.69, 9.17) is 5.11 Å². The largest absolute Gasteiger partial charge is 0.481 e. The summed E-state index contributed by atoms with van der Waals surface area (Å²) in [5, 5.41) is 8.70. The van der Waals surface area contributed by atoms with Crippen LogP contribution in [0.2, 0.25) is 0 Å². The highest BCUT2D eigenvalue weighted by atomic mass is 32.1. The number of hydrogen-bond acceptors (Lipinski definition) is 2. The first-order valence-corrected chi connectivity index (χ1v) is 4.79. The van der Waals surface area contributed by atoms with Crippen LogP contribution < -0.4 is 0 Å². The molecule has 1 heterocycles. The van der Waals surface area contributed by atoms with Crippen LogP contribution in [-0.2, 0) is 4.79 Å². The Hall–Kier alpha value is -0.830. The van der Waals surface area contributed by atoms with Crippen molar-refractivity contribution in [1.82, 2.24) is 0 Å². The zero-order valence-electron chi connectivity index (χ0n) is 6.78. The van der Waals surface area contributed by atoms with E-state index in [1.54, 1.807) is 11.3 Å². The maximum absolute atomic E-state index is 10.6. The van der Waals surface area contributed by atoms with Gasteiger partial charge in [0, 0.05) is 15.7 Å². The summed E-state index contributed by atoms with van der Waals surface area (Å²) in [5.74, 6) is -0.449. The van der Waals surface area contributed by atoms with Crippen molar-refractivity contribution in [2.24, 2.45) is 5.92 Å². The summed E-state index contributed by atoms with van der Waals surface area (Å²) in [4.78, 5) is 13.1. The summed E-state index contributed by atoms with van der Waals surface area (Å²) in [7, 11) is 0. The van der Waals surface area contributed by atoms with Crippen LogP contribution in [0.15, 0.2) is 12.1 Å². The summed E-state index contributed by atoms with van der Waals surface area (Å²) in [6.07, 6.45) is 0.829. The van der Waals surface area contributed by atoms with E-state index in [2.05, 4.69) is 6.07 Å². The van der Waals surface area contributed by atoms with Gasteiger partial charge in [0.1, 0.15) is 0 Å². The van der Waals surface area contributed by atoms with Crippen LogP contribution in [-0.4, -0.2) is 11.1 Å². The number of hydrogen-bond donors (Lipinski definition) is 1. The van der Waals surface area contributed by atoms with E-state index in [1.807, 2.05) is 13.0 Å². The van der Waals surface area contributed by atoms with Gasteiger partial charge in [0.15, 0.2) is 0 Å². The topological polar surface area (TPSA) is 37.3 Å². The maximum Gasteiger partial charge on any atom is 0.307 e. The first-order chi connectivity index (χ1) is 5.68. The molecule has 2 rings (SSSR count). The molecule has 0 amide bonds. The number of aryl methyl sites for hydroxylation is 1. The number of carbonyl (C=O) groups is 1. The molecule has 12 heavy (non-hydrogen) atoms. The number of aliphatic carboxylic acids is 1. The highest BCUT2D eigenvalue weighted by molar-refractivity contribution is 7.12. The van der Waals surface area contributed by atoms with Crippen molar-refractivity contribution in [1.29, 1.82) is 0 Å². The van der Waals surface area contributed by atoms with Crippen LogP contribution in [0, 0.1) is 12.8 Å². The molecular formula is C9H10O2S. The molecule has 2 atom stereocenters. The highest BCUT2D eigenvalue weighted by Crippen LogP contribution is 2.49. The molecule has 1 saturated carbocycles. The molecule has 0 bridgehead atoms. The van der Waals surface area contributed by atoms with E-state index in [0.29, 0.717) is 5.92 Å². The van der Waals surface area contributed by atoms with E-state index < -0.39 is 5.97 Å². The fourth-order valence-corrected chi connectivity index (χ4v) is 2.49. The Bertz CT molecular complexity index is 316. The third-order valence-electron chi connectivity index (χ3n) is 2.23. The van der Waals surface area contributed by atoms with E-state index in [-0.39, 0.29) is 5.92 Å². The molecule has 2 nitrogen and oxygen atoms in total. The van der Waals surface area contributed by atoms with Gasteiger partial charge in [-0.1, -0.05) is 0 Å². The second kappa shape index (κ2) is 2.59. The van der Waals surface area contributed by atoms with Crippen molar-refractivity contribution >= 4 is 17.3 Å². The monoisotopic (exact) mass is 182 g/mol. The number of carboxylic acids is 1. The fourth-order valence-electron chi connectivity index (χ4n) is 1.44. The van der Waals surface area contributed by atoms with Crippen LogP contribution in [0.3, 0.4) is 0 Å². The van der Waals surface area contributed by atoms with Gasteiger partial charge >= 0.3 is 5.97 Å². The van der Waals surface area contributed by atoms with Crippen LogP contribution in [0.4, 0.5) is 0 Å². The normalized spacial score (nSPS) is 27.1. The molecule has 3 heteroatoms. The standard InChI is InChI=1S/C9H10O2S/c1-5-2-3-8(12-5)6-4-7(6)9(10)11/h2-3,6-7H,4H2,1H3,(H,10,11)/t6-,7-/m1/s1. The molecule has 1 aromatic heterocycles. The van der Waals surface area contributed by atoms with E-state index in [0.717, 1.165) is 6.42 Å². The van der Waals surface area contributed by atoms with Crippen molar-refractivity contribution in [2.45, 2.75) is 19.3 Å². The Morgan fingerprint density at radius 1 is 1.67 bits per heavy atom. The molecule has 0 unspecified atom stereocenters. The lowest BCUT2D eigenvalue weighted by Crippen LogP contribution is -1.97. The molecule has 64 valence electrons.